The SMILES string of the molecule is C=C(C)C(=O)OCCCNc1nc(NCCCOC(=O)C(=C)C)c(/N=N/c2sc(C#N)c(C)c2C#N)c(C)c1C#N. The average Bonchev–Trinajstić information content (AvgIpc) is 3.25. The van der Waals surface area contributed by atoms with Crippen LogP contribution in [-0.4, -0.2) is 43.2 Å². The third-order valence-electron chi connectivity index (χ3n) is 5.50. The highest BCUT2D eigenvalue weighted by atomic mass is 32.1. The molecule has 0 fully saturated rings. The van der Waals surface area contributed by atoms with E-state index in [2.05, 4.69) is 51.1 Å². The van der Waals surface area contributed by atoms with E-state index in [1.54, 1.807) is 27.7 Å². The Morgan fingerprint density at radius 3 is 1.88 bits per heavy atom. The Kier molecular flexibility index (Phi) is 12.2. The minimum absolute atomic E-state index is 0.149. The molecule has 0 bridgehead atoms. The molecule has 0 aliphatic heterocycles. The number of carbonyl (C=O) groups is 2. The van der Waals surface area contributed by atoms with Crippen LogP contribution >= 0.6 is 11.3 Å². The number of nitriles is 3. The van der Waals surface area contributed by atoms with E-state index in [-0.39, 0.29) is 35.0 Å². The van der Waals surface area contributed by atoms with Crippen molar-refractivity contribution in [3.8, 4) is 18.2 Å². The van der Waals surface area contributed by atoms with Crippen LogP contribution < -0.4 is 10.6 Å². The smallest absolute Gasteiger partial charge is 0.333 e. The van der Waals surface area contributed by atoms with Gasteiger partial charge in [0.25, 0.3) is 0 Å². The van der Waals surface area contributed by atoms with E-state index < -0.39 is 11.9 Å². The van der Waals surface area contributed by atoms with Crippen LogP contribution in [-0.2, 0) is 19.1 Å². The van der Waals surface area contributed by atoms with Gasteiger partial charge in [0.05, 0.1) is 24.3 Å². The maximum atomic E-state index is 11.6. The Labute approximate surface area is 242 Å². The van der Waals surface area contributed by atoms with E-state index in [1.807, 2.05) is 6.07 Å². The number of thiophene rings is 1. The van der Waals surface area contributed by atoms with Crippen molar-refractivity contribution in [1.82, 2.24) is 4.98 Å². The zero-order chi connectivity index (χ0) is 30.5. The third kappa shape index (κ3) is 8.72. The molecule has 0 aliphatic rings. The van der Waals surface area contributed by atoms with Crippen LogP contribution in [0.25, 0.3) is 0 Å². The summed E-state index contributed by atoms with van der Waals surface area (Å²) in [6.07, 6.45) is 0.903. The molecule has 13 heteroatoms. The number of esters is 2. The lowest BCUT2D eigenvalue weighted by Gasteiger charge is -2.15. The quantitative estimate of drug-likeness (QED) is 0.124. The third-order valence-corrected chi connectivity index (χ3v) is 6.58. The lowest BCUT2D eigenvalue weighted by Crippen LogP contribution is -2.14. The van der Waals surface area contributed by atoms with Crippen molar-refractivity contribution in [2.75, 3.05) is 36.9 Å². The number of nitrogens with one attached hydrogen (secondary N) is 2. The zero-order valence-corrected chi connectivity index (χ0v) is 24.2. The highest BCUT2D eigenvalue weighted by Gasteiger charge is 2.19. The van der Waals surface area contributed by atoms with Crippen LogP contribution in [0.15, 0.2) is 34.5 Å². The second-order valence-electron chi connectivity index (χ2n) is 8.82. The first-order valence-electron chi connectivity index (χ1n) is 12.5. The molecule has 0 unspecified atom stereocenters. The maximum absolute atomic E-state index is 11.6. The first kappa shape index (κ1) is 32.2. The first-order valence-corrected chi connectivity index (χ1v) is 13.3. The van der Waals surface area contributed by atoms with Gasteiger partial charge in [-0.15, -0.1) is 21.6 Å². The van der Waals surface area contributed by atoms with Gasteiger partial charge in [-0.1, -0.05) is 13.2 Å². The zero-order valence-electron chi connectivity index (χ0n) is 23.4. The lowest BCUT2D eigenvalue weighted by atomic mass is 10.1. The van der Waals surface area contributed by atoms with Gasteiger partial charge in [-0.05, 0) is 46.1 Å². The fraction of sp³-hybridized carbons (Fsp3) is 0.357. The molecule has 12 nitrogen and oxygen atoms in total. The summed E-state index contributed by atoms with van der Waals surface area (Å²) in [5.41, 5.74) is 2.37. The maximum Gasteiger partial charge on any atom is 0.333 e. The summed E-state index contributed by atoms with van der Waals surface area (Å²) < 4.78 is 10.2. The molecule has 212 valence electrons. The number of nitrogens with zero attached hydrogens (tertiary/aromatic N) is 6. The van der Waals surface area contributed by atoms with Crippen molar-refractivity contribution < 1.29 is 19.1 Å². The number of aromatic nitrogens is 1. The van der Waals surface area contributed by atoms with Crippen LogP contribution in [0.5, 0.6) is 0 Å². The monoisotopic (exact) mass is 574 g/mol. The van der Waals surface area contributed by atoms with Crippen molar-refractivity contribution in [2.24, 2.45) is 10.2 Å². The average molecular weight is 575 g/mol. The molecule has 0 atom stereocenters. The molecule has 2 rings (SSSR count). The molecule has 2 heterocycles. The van der Waals surface area contributed by atoms with Gasteiger partial charge < -0.3 is 20.1 Å². The number of anilines is 2. The van der Waals surface area contributed by atoms with Crippen LogP contribution in [0.1, 0.15) is 53.8 Å². The Morgan fingerprint density at radius 2 is 1.39 bits per heavy atom. The van der Waals surface area contributed by atoms with E-state index in [9.17, 15) is 25.4 Å². The van der Waals surface area contributed by atoms with E-state index in [0.29, 0.717) is 64.7 Å². The summed E-state index contributed by atoms with van der Waals surface area (Å²) in [4.78, 5) is 28.1. The van der Waals surface area contributed by atoms with E-state index in [0.717, 1.165) is 11.3 Å². The van der Waals surface area contributed by atoms with E-state index >= 15 is 0 Å². The number of azo groups is 1. The van der Waals surface area contributed by atoms with Gasteiger partial charge in [0.1, 0.15) is 34.6 Å². The number of hydrogen-bond donors (Lipinski definition) is 2. The molecule has 0 radical (unpaired) electrons. The van der Waals surface area contributed by atoms with Crippen LogP contribution in [0, 0.1) is 47.8 Å². The summed E-state index contributed by atoms with van der Waals surface area (Å²) in [6, 6.07) is 6.24. The fourth-order valence-electron chi connectivity index (χ4n) is 3.24. The number of carbonyl (C=O) groups excluding carboxylic acids is 2. The topological polar surface area (TPSA) is 186 Å². The summed E-state index contributed by atoms with van der Waals surface area (Å²) in [7, 11) is 0. The largest absolute Gasteiger partial charge is 0.462 e. The normalized spacial score (nSPS) is 10.3. The van der Waals surface area contributed by atoms with Crippen molar-refractivity contribution in [3.63, 3.8) is 0 Å². The minimum Gasteiger partial charge on any atom is -0.462 e. The number of ether oxygens (including phenoxy) is 2. The highest BCUT2D eigenvalue weighted by molar-refractivity contribution is 7.16. The highest BCUT2D eigenvalue weighted by Crippen LogP contribution is 2.38. The van der Waals surface area contributed by atoms with Gasteiger partial charge in [-0.25, -0.2) is 14.6 Å². The van der Waals surface area contributed by atoms with Gasteiger partial charge in [-0.2, -0.15) is 15.8 Å². The Hall–Kier alpha value is -5.06. The molecule has 0 aromatic carbocycles. The lowest BCUT2D eigenvalue weighted by molar-refractivity contribution is -0.139. The summed E-state index contributed by atoms with van der Waals surface area (Å²) >= 11 is 1.04. The molecule has 0 amide bonds. The fourth-order valence-corrected chi connectivity index (χ4v) is 4.12. The Balaban J connectivity index is 2.35. The minimum atomic E-state index is -0.483. The number of hydrogen-bond acceptors (Lipinski definition) is 13. The standard InChI is InChI=1S/C28H30N8O4S/c1-16(2)27(37)39-11-7-9-32-24-20(13-29)19(6)23(25(34-24)33-10-8-12-40-28(38)17(3)4)35-36-26-21(14-30)18(5)22(15-31)41-26/h1,3,7-12H2,2,4-6H3,(H2,32,33,34)/b36-35+. The van der Waals surface area contributed by atoms with Crippen molar-refractivity contribution >= 4 is 45.6 Å². The second kappa shape index (κ2) is 15.5. The Morgan fingerprint density at radius 1 is 0.854 bits per heavy atom. The molecule has 0 saturated carbocycles. The molecule has 2 N–H and O–H groups in total. The van der Waals surface area contributed by atoms with Gasteiger partial charge in [0.2, 0.25) is 0 Å². The van der Waals surface area contributed by atoms with Crippen LogP contribution in [0.3, 0.4) is 0 Å². The summed E-state index contributed by atoms with van der Waals surface area (Å²) in [6.45, 7) is 14.6. The van der Waals surface area contributed by atoms with Crippen LogP contribution in [0.2, 0.25) is 0 Å². The van der Waals surface area contributed by atoms with Crippen molar-refractivity contribution in [1.29, 1.82) is 15.8 Å². The summed E-state index contributed by atoms with van der Waals surface area (Å²) in [5.74, 6) is -0.361. The molecular weight excluding hydrogens is 544 g/mol. The Bertz CT molecular complexity index is 1500. The van der Waals surface area contributed by atoms with Gasteiger partial charge in [-0.3, -0.25) is 0 Å². The number of pyridine rings is 1. The summed E-state index contributed by atoms with van der Waals surface area (Å²) in [5, 5.41) is 43.9. The van der Waals surface area contributed by atoms with Crippen molar-refractivity contribution in [3.05, 3.63) is 51.4 Å². The number of rotatable bonds is 14. The molecule has 2 aromatic heterocycles. The van der Waals surface area contributed by atoms with E-state index in [1.165, 1.54) is 0 Å². The molecule has 0 spiro atoms. The second-order valence-corrected chi connectivity index (χ2v) is 9.82. The van der Waals surface area contributed by atoms with Crippen molar-refractivity contribution in [2.45, 2.75) is 40.5 Å². The van der Waals surface area contributed by atoms with Gasteiger partial charge in [0.15, 0.2) is 10.8 Å². The van der Waals surface area contributed by atoms with Crippen LogP contribution in [0.4, 0.5) is 22.3 Å². The molecular formula is C28H30N8O4S. The molecule has 0 saturated heterocycles. The predicted molar refractivity (Wildman–Crippen MR) is 154 cm³/mol. The van der Waals surface area contributed by atoms with Gasteiger partial charge in [0, 0.05) is 29.8 Å². The van der Waals surface area contributed by atoms with Gasteiger partial charge >= 0.3 is 11.9 Å². The van der Waals surface area contributed by atoms with E-state index in [4.69, 9.17) is 9.47 Å². The predicted octanol–water partition coefficient (Wildman–Crippen LogP) is 5.63. The molecule has 0 aliphatic carbocycles. The first-order chi connectivity index (χ1) is 19.5. The molecule has 41 heavy (non-hydrogen) atoms. The molecule has 2 aromatic rings.